The van der Waals surface area contributed by atoms with E-state index in [4.69, 9.17) is 25.0 Å². The molecule has 1 aliphatic heterocycles. The molecule has 0 bridgehead atoms. The van der Waals surface area contributed by atoms with E-state index < -0.39 is 5.92 Å². The lowest BCUT2D eigenvalue weighted by Crippen LogP contribution is -2.22. The number of aryl methyl sites for hydroxylation is 2. The molecule has 2 N–H and O–H groups in total. The SMILES string of the molecule is CCOc1ccc(C2C(C#N)=C(N)Oc3c2c(C)nn3-c2ccc(C)cc2)cc1OCC. The summed E-state index contributed by atoms with van der Waals surface area (Å²) in [7, 11) is 0. The van der Waals surface area contributed by atoms with E-state index in [1.165, 1.54) is 0 Å². The number of aromatic nitrogens is 2. The van der Waals surface area contributed by atoms with Gasteiger partial charge in [0.05, 0.1) is 36.1 Å². The average molecular weight is 431 g/mol. The monoisotopic (exact) mass is 430 g/mol. The number of nitriles is 1. The Morgan fingerprint density at radius 1 is 1.06 bits per heavy atom. The minimum Gasteiger partial charge on any atom is -0.490 e. The highest BCUT2D eigenvalue weighted by Gasteiger charge is 2.36. The molecule has 7 heteroatoms. The fraction of sp³-hybridized carbons (Fsp3) is 0.280. The average Bonchev–Trinajstić information content (AvgIpc) is 3.10. The van der Waals surface area contributed by atoms with Gasteiger partial charge < -0.3 is 19.9 Å². The Morgan fingerprint density at radius 3 is 2.41 bits per heavy atom. The van der Waals surface area contributed by atoms with Gasteiger partial charge in [-0.2, -0.15) is 10.4 Å². The summed E-state index contributed by atoms with van der Waals surface area (Å²) in [6, 6.07) is 15.9. The third kappa shape index (κ3) is 3.65. The van der Waals surface area contributed by atoms with Gasteiger partial charge in [0, 0.05) is 0 Å². The first-order valence-electron chi connectivity index (χ1n) is 10.6. The first kappa shape index (κ1) is 21.3. The molecule has 164 valence electrons. The molecule has 4 rings (SSSR count). The number of nitrogens with zero attached hydrogens (tertiary/aromatic N) is 3. The third-order valence-electron chi connectivity index (χ3n) is 5.41. The molecule has 32 heavy (non-hydrogen) atoms. The zero-order valence-electron chi connectivity index (χ0n) is 18.7. The van der Waals surface area contributed by atoms with Crippen LogP contribution in [0.4, 0.5) is 0 Å². The van der Waals surface area contributed by atoms with Crippen molar-refractivity contribution in [1.29, 1.82) is 5.26 Å². The summed E-state index contributed by atoms with van der Waals surface area (Å²) >= 11 is 0. The number of benzene rings is 2. The standard InChI is InChI=1S/C25H26N4O3/c1-5-30-20-12-9-17(13-21(20)31-6-2)23-19(14-26)24(27)32-25-22(23)16(4)28-29(25)18-10-7-15(3)8-11-18/h7-13,23H,5-6,27H2,1-4H3. The first-order valence-corrected chi connectivity index (χ1v) is 10.6. The van der Waals surface area contributed by atoms with Crippen LogP contribution >= 0.6 is 0 Å². The highest BCUT2D eigenvalue weighted by atomic mass is 16.5. The van der Waals surface area contributed by atoms with E-state index >= 15 is 0 Å². The van der Waals surface area contributed by atoms with Gasteiger partial charge in [-0.3, -0.25) is 0 Å². The number of hydrogen-bond acceptors (Lipinski definition) is 6. The van der Waals surface area contributed by atoms with Crippen molar-refractivity contribution in [2.24, 2.45) is 5.73 Å². The van der Waals surface area contributed by atoms with Crippen LogP contribution in [0.2, 0.25) is 0 Å². The summed E-state index contributed by atoms with van der Waals surface area (Å²) in [5.74, 6) is 1.44. The zero-order valence-corrected chi connectivity index (χ0v) is 18.7. The van der Waals surface area contributed by atoms with Crippen molar-refractivity contribution in [1.82, 2.24) is 9.78 Å². The van der Waals surface area contributed by atoms with Gasteiger partial charge in [-0.15, -0.1) is 0 Å². The van der Waals surface area contributed by atoms with Crippen LogP contribution in [0.5, 0.6) is 17.4 Å². The van der Waals surface area contributed by atoms with E-state index in [0.717, 1.165) is 28.1 Å². The molecule has 1 atom stereocenters. The predicted molar refractivity (Wildman–Crippen MR) is 121 cm³/mol. The summed E-state index contributed by atoms with van der Waals surface area (Å²) in [5, 5.41) is 14.6. The zero-order chi connectivity index (χ0) is 22.8. The molecule has 0 fully saturated rings. The Balaban J connectivity index is 1.89. The molecular formula is C25H26N4O3. The number of ether oxygens (including phenoxy) is 3. The molecular weight excluding hydrogens is 404 g/mol. The molecule has 0 spiro atoms. The molecule has 2 heterocycles. The van der Waals surface area contributed by atoms with Crippen LogP contribution < -0.4 is 19.9 Å². The summed E-state index contributed by atoms with van der Waals surface area (Å²) < 4.78 is 19.2. The van der Waals surface area contributed by atoms with Crippen molar-refractivity contribution < 1.29 is 14.2 Å². The number of nitrogens with two attached hydrogens (primary N) is 1. The van der Waals surface area contributed by atoms with Gasteiger partial charge in [0.25, 0.3) is 0 Å². The van der Waals surface area contributed by atoms with E-state index in [1.807, 2.05) is 70.2 Å². The van der Waals surface area contributed by atoms with Crippen molar-refractivity contribution in [3.8, 4) is 29.1 Å². The van der Waals surface area contributed by atoms with E-state index in [-0.39, 0.29) is 5.88 Å². The second-order valence-electron chi connectivity index (χ2n) is 7.55. The predicted octanol–water partition coefficient (Wildman–Crippen LogP) is 4.50. The summed E-state index contributed by atoms with van der Waals surface area (Å²) in [6.45, 7) is 8.81. The van der Waals surface area contributed by atoms with E-state index in [0.29, 0.717) is 36.2 Å². The summed E-state index contributed by atoms with van der Waals surface area (Å²) in [5.41, 5.74) is 11.0. The lowest BCUT2D eigenvalue weighted by Gasteiger charge is -2.25. The minimum atomic E-state index is -0.433. The second kappa shape index (κ2) is 8.67. The minimum absolute atomic E-state index is 0.0742. The van der Waals surface area contributed by atoms with Crippen molar-refractivity contribution in [2.75, 3.05) is 13.2 Å². The molecule has 0 aliphatic carbocycles. The molecule has 7 nitrogen and oxygen atoms in total. The Morgan fingerprint density at radius 2 is 1.75 bits per heavy atom. The van der Waals surface area contributed by atoms with Gasteiger partial charge in [0.15, 0.2) is 11.5 Å². The quantitative estimate of drug-likeness (QED) is 0.618. The largest absolute Gasteiger partial charge is 0.490 e. The maximum atomic E-state index is 9.92. The van der Waals surface area contributed by atoms with Crippen LogP contribution in [0.3, 0.4) is 0 Å². The van der Waals surface area contributed by atoms with Crippen molar-refractivity contribution in [2.45, 2.75) is 33.6 Å². The molecule has 1 aliphatic rings. The van der Waals surface area contributed by atoms with Gasteiger partial charge in [-0.05, 0) is 57.5 Å². The van der Waals surface area contributed by atoms with Gasteiger partial charge in [0.1, 0.15) is 11.6 Å². The highest BCUT2D eigenvalue weighted by Crippen LogP contribution is 2.46. The number of rotatable bonds is 6. The molecule has 0 saturated carbocycles. The fourth-order valence-electron chi connectivity index (χ4n) is 3.96. The number of fused-ring (bicyclic) bond motifs is 1. The van der Waals surface area contributed by atoms with Gasteiger partial charge in [-0.1, -0.05) is 23.8 Å². The lowest BCUT2D eigenvalue weighted by molar-refractivity contribution is 0.287. The van der Waals surface area contributed by atoms with Crippen molar-refractivity contribution in [3.63, 3.8) is 0 Å². The van der Waals surface area contributed by atoms with E-state index in [1.54, 1.807) is 4.68 Å². The molecule has 0 saturated heterocycles. The Hall–Kier alpha value is -3.92. The Labute approximate surface area is 187 Å². The Kier molecular flexibility index (Phi) is 5.78. The normalized spacial score (nSPS) is 15.0. The molecule has 1 aromatic heterocycles. The number of hydrogen-bond donors (Lipinski definition) is 1. The van der Waals surface area contributed by atoms with Crippen LogP contribution in [0.1, 0.15) is 42.1 Å². The second-order valence-corrected chi connectivity index (χ2v) is 7.55. The summed E-state index contributed by atoms with van der Waals surface area (Å²) in [6.07, 6.45) is 0. The van der Waals surface area contributed by atoms with Crippen LogP contribution in [0.15, 0.2) is 53.9 Å². The van der Waals surface area contributed by atoms with E-state index in [9.17, 15) is 5.26 Å². The van der Waals surface area contributed by atoms with Crippen LogP contribution in [0, 0.1) is 25.2 Å². The molecule has 0 amide bonds. The molecule has 1 unspecified atom stereocenters. The maximum absolute atomic E-state index is 9.92. The molecule has 3 aromatic rings. The fourth-order valence-corrected chi connectivity index (χ4v) is 3.96. The highest BCUT2D eigenvalue weighted by molar-refractivity contribution is 5.59. The lowest BCUT2D eigenvalue weighted by atomic mass is 9.84. The maximum Gasteiger partial charge on any atom is 0.229 e. The van der Waals surface area contributed by atoms with Crippen LogP contribution in [-0.4, -0.2) is 23.0 Å². The van der Waals surface area contributed by atoms with Crippen molar-refractivity contribution in [3.05, 3.63) is 76.3 Å². The molecule has 2 aromatic carbocycles. The van der Waals surface area contributed by atoms with Crippen molar-refractivity contribution >= 4 is 0 Å². The third-order valence-corrected chi connectivity index (χ3v) is 5.41. The molecule has 0 radical (unpaired) electrons. The smallest absolute Gasteiger partial charge is 0.229 e. The van der Waals surface area contributed by atoms with Gasteiger partial charge in [-0.25, -0.2) is 4.68 Å². The van der Waals surface area contributed by atoms with Gasteiger partial charge >= 0.3 is 0 Å². The Bertz CT molecular complexity index is 1220. The first-order chi connectivity index (χ1) is 15.5. The topological polar surface area (TPSA) is 95.3 Å². The summed E-state index contributed by atoms with van der Waals surface area (Å²) in [4.78, 5) is 0. The van der Waals surface area contributed by atoms with E-state index in [2.05, 4.69) is 6.07 Å². The van der Waals surface area contributed by atoms with Crippen LogP contribution in [0.25, 0.3) is 5.69 Å². The number of allylic oxidation sites excluding steroid dienone is 1. The van der Waals surface area contributed by atoms with Gasteiger partial charge in [0.2, 0.25) is 11.8 Å². The van der Waals surface area contributed by atoms with Crippen LogP contribution in [-0.2, 0) is 0 Å².